The number of hydrogen-bond acceptors (Lipinski definition) is 3. The van der Waals surface area contributed by atoms with Gasteiger partial charge in [0.05, 0.1) is 18.1 Å². The number of fused-ring (bicyclic) bond motifs is 1. The molecule has 31 heavy (non-hydrogen) atoms. The van der Waals surface area contributed by atoms with E-state index < -0.39 is 0 Å². The minimum atomic E-state index is 0.109. The van der Waals surface area contributed by atoms with Crippen LogP contribution in [0.3, 0.4) is 0 Å². The Morgan fingerprint density at radius 3 is 2.74 bits per heavy atom. The Morgan fingerprint density at radius 2 is 1.90 bits per heavy atom. The maximum atomic E-state index is 12.9. The quantitative estimate of drug-likeness (QED) is 0.529. The molecule has 2 aromatic carbocycles. The Morgan fingerprint density at radius 1 is 1.06 bits per heavy atom. The predicted octanol–water partition coefficient (Wildman–Crippen LogP) is 5.54. The summed E-state index contributed by atoms with van der Waals surface area (Å²) >= 11 is 0. The third-order valence-electron chi connectivity index (χ3n) is 7.02. The zero-order valence-electron chi connectivity index (χ0n) is 18.3. The molecule has 0 bridgehead atoms. The van der Waals surface area contributed by atoms with E-state index in [0.717, 1.165) is 35.2 Å². The first-order valence-corrected chi connectivity index (χ1v) is 11.6. The van der Waals surface area contributed by atoms with Crippen LogP contribution in [0, 0.1) is 5.92 Å². The number of aromatic nitrogens is 2. The van der Waals surface area contributed by atoms with Crippen LogP contribution in [-0.4, -0.2) is 29.1 Å². The van der Waals surface area contributed by atoms with Crippen molar-refractivity contribution in [2.24, 2.45) is 5.92 Å². The van der Waals surface area contributed by atoms with Crippen molar-refractivity contribution in [1.29, 1.82) is 0 Å². The van der Waals surface area contributed by atoms with Gasteiger partial charge in [0, 0.05) is 37.2 Å². The summed E-state index contributed by atoms with van der Waals surface area (Å²) in [4.78, 5) is 19.8. The molecule has 2 fully saturated rings. The Kier molecular flexibility index (Phi) is 5.66. The summed E-state index contributed by atoms with van der Waals surface area (Å²) in [7, 11) is 1.66. The third-order valence-corrected chi connectivity index (χ3v) is 7.02. The van der Waals surface area contributed by atoms with Gasteiger partial charge in [0.25, 0.3) is 0 Å². The summed E-state index contributed by atoms with van der Waals surface area (Å²) in [6, 6.07) is 16.2. The number of rotatable bonds is 6. The molecule has 5 heteroatoms. The fraction of sp³-hybridized carbons (Fsp3) is 0.462. The summed E-state index contributed by atoms with van der Waals surface area (Å²) in [5, 5.41) is 0. The molecule has 2 aliphatic rings. The van der Waals surface area contributed by atoms with Gasteiger partial charge in [-0.15, -0.1) is 0 Å². The largest absolute Gasteiger partial charge is 0.497 e. The molecule has 162 valence electrons. The van der Waals surface area contributed by atoms with Crippen molar-refractivity contribution < 1.29 is 9.53 Å². The lowest BCUT2D eigenvalue weighted by Crippen LogP contribution is -2.24. The highest BCUT2D eigenvalue weighted by Gasteiger charge is 2.35. The Balaban J connectivity index is 1.42. The van der Waals surface area contributed by atoms with Crippen LogP contribution in [0.25, 0.3) is 11.0 Å². The van der Waals surface area contributed by atoms with Crippen molar-refractivity contribution in [3.63, 3.8) is 0 Å². The molecule has 0 spiro atoms. The van der Waals surface area contributed by atoms with E-state index in [2.05, 4.69) is 22.8 Å². The lowest BCUT2D eigenvalue weighted by atomic mass is 9.87. The van der Waals surface area contributed by atoms with Crippen LogP contribution < -0.4 is 9.64 Å². The van der Waals surface area contributed by atoms with Gasteiger partial charge >= 0.3 is 0 Å². The second kappa shape index (κ2) is 8.74. The van der Waals surface area contributed by atoms with Gasteiger partial charge in [-0.05, 0) is 36.6 Å². The van der Waals surface area contributed by atoms with Crippen LogP contribution in [-0.2, 0) is 11.3 Å². The van der Waals surface area contributed by atoms with Crippen molar-refractivity contribution in [3.05, 3.63) is 54.4 Å². The van der Waals surface area contributed by atoms with Gasteiger partial charge in [-0.2, -0.15) is 0 Å². The summed E-state index contributed by atoms with van der Waals surface area (Å²) in [6.07, 6.45) is 8.54. The molecule has 1 aliphatic carbocycles. The second-order valence-electron chi connectivity index (χ2n) is 9.01. The number of nitrogens with zero attached hydrogens (tertiary/aromatic N) is 3. The maximum Gasteiger partial charge on any atom is 0.227 e. The van der Waals surface area contributed by atoms with Gasteiger partial charge in [-0.1, -0.05) is 50.3 Å². The number of ether oxygens (including phenoxy) is 1. The number of methoxy groups -OCH3 is 1. The van der Waals surface area contributed by atoms with Crippen LogP contribution in [0.5, 0.6) is 5.75 Å². The molecule has 2 heterocycles. The number of carbonyl (C=O) groups excluding carboxylic acids is 1. The molecule has 5 rings (SSSR count). The fourth-order valence-electron chi connectivity index (χ4n) is 5.34. The maximum absolute atomic E-state index is 12.9. The highest BCUT2D eigenvalue weighted by atomic mass is 16.5. The number of aryl methyl sites for hydroxylation is 1. The number of benzene rings is 2. The minimum Gasteiger partial charge on any atom is -0.497 e. The molecule has 1 saturated heterocycles. The summed E-state index contributed by atoms with van der Waals surface area (Å²) < 4.78 is 7.76. The first-order chi connectivity index (χ1) is 15.2. The van der Waals surface area contributed by atoms with Crippen LogP contribution in [0.2, 0.25) is 0 Å². The predicted molar refractivity (Wildman–Crippen MR) is 124 cm³/mol. The van der Waals surface area contributed by atoms with Gasteiger partial charge in [0.2, 0.25) is 5.91 Å². The molecule has 1 amide bonds. The zero-order chi connectivity index (χ0) is 21.2. The minimum absolute atomic E-state index is 0.109. The average Bonchev–Trinajstić information content (AvgIpc) is 3.39. The Labute approximate surface area is 184 Å². The molecular weight excluding hydrogens is 386 g/mol. The number of anilines is 1. The van der Waals surface area contributed by atoms with Gasteiger partial charge in [0.1, 0.15) is 11.6 Å². The number of carbonyl (C=O) groups is 1. The van der Waals surface area contributed by atoms with E-state index in [1.807, 2.05) is 35.2 Å². The number of hydrogen-bond donors (Lipinski definition) is 0. The highest BCUT2D eigenvalue weighted by molar-refractivity contribution is 5.96. The third kappa shape index (κ3) is 4.06. The molecule has 3 aromatic rings. The first kappa shape index (κ1) is 20.1. The van der Waals surface area contributed by atoms with Gasteiger partial charge in [-0.3, -0.25) is 4.79 Å². The smallest absolute Gasteiger partial charge is 0.227 e. The molecule has 0 unspecified atom stereocenters. The van der Waals surface area contributed by atoms with E-state index in [4.69, 9.17) is 9.72 Å². The van der Waals surface area contributed by atoms with Gasteiger partial charge in [0.15, 0.2) is 0 Å². The van der Waals surface area contributed by atoms with Crippen molar-refractivity contribution in [3.8, 4) is 5.75 Å². The van der Waals surface area contributed by atoms with Crippen molar-refractivity contribution in [2.45, 2.75) is 57.4 Å². The molecule has 5 nitrogen and oxygen atoms in total. The summed E-state index contributed by atoms with van der Waals surface area (Å²) in [6.45, 7) is 1.66. The molecule has 1 aliphatic heterocycles. The SMILES string of the molecule is COc1cccc(N2C[C@H](c3nc4ccccc4n3CCC3CCCCC3)CC2=O)c1. The van der Waals surface area contributed by atoms with E-state index in [1.165, 1.54) is 44.0 Å². The first-order valence-electron chi connectivity index (χ1n) is 11.6. The zero-order valence-corrected chi connectivity index (χ0v) is 18.3. The van der Waals surface area contributed by atoms with Gasteiger partial charge in [-0.25, -0.2) is 4.98 Å². The van der Waals surface area contributed by atoms with Gasteiger partial charge < -0.3 is 14.2 Å². The summed E-state index contributed by atoms with van der Waals surface area (Å²) in [5.74, 6) is 2.92. The molecule has 1 aromatic heterocycles. The Hall–Kier alpha value is -2.82. The number of amides is 1. The molecule has 1 atom stereocenters. The molecule has 0 radical (unpaired) electrons. The normalized spacial score (nSPS) is 20.0. The fourth-order valence-corrected chi connectivity index (χ4v) is 5.34. The van der Waals surface area contributed by atoms with Crippen LogP contribution in [0.4, 0.5) is 5.69 Å². The summed E-state index contributed by atoms with van der Waals surface area (Å²) in [5.41, 5.74) is 3.13. The van der Waals surface area contributed by atoms with Crippen molar-refractivity contribution in [1.82, 2.24) is 9.55 Å². The number of imidazole rings is 1. The van der Waals surface area contributed by atoms with Crippen LogP contribution in [0.15, 0.2) is 48.5 Å². The van der Waals surface area contributed by atoms with Crippen molar-refractivity contribution in [2.75, 3.05) is 18.6 Å². The highest BCUT2D eigenvalue weighted by Crippen LogP contribution is 2.35. The lowest BCUT2D eigenvalue weighted by molar-refractivity contribution is -0.117. The van der Waals surface area contributed by atoms with E-state index in [9.17, 15) is 4.79 Å². The average molecular weight is 418 g/mol. The topological polar surface area (TPSA) is 47.4 Å². The van der Waals surface area contributed by atoms with E-state index in [-0.39, 0.29) is 11.8 Å². The van der Waals surface area contributed by atoms with Crippen molar-refractivity contribution >= 4 is 22.6 Å². The monoisotopic (exact) mass is 417 g/mol. The second-order valence-corrected chi connectivity index (χ2v) is 9.01. The Bertz CT molecular complexity index is 1070. The molecule has 0 N–H and O–H groups in total. The van der Waals surface area contributed by atoms with E-state index >= 15 is 0 Å². The van der Waals surface area contributed by atoms with Crippen LogP contribution >= 0.6 is 0 Å². The lowest BCUT2D eigenvalue weighted by Gasteiger charge is -2.23. The number of para-hydroxylation sites is 2. The molecule has 1 saturated carbocycles. The standard InChI is InChI=1S/C26H31N3O2/c1-31-22-11-7-10-21(17-22)29-18-20(16-25(29)30)26-27-23-12-5-6-13-24(23)28(26)15-14-19-8-3-2-4-9-19/h5-7,10-13,17,19-20H,2-4,8-9,14-16,18H2,1H3/t20-/m1/s1. The van der Waals surface area contributed by atoms with E-state index in [0.29, 0.717) is 13.0 Å². The van der Waals surface area contributed by atoms with E-state index in [1.54, 1.807) is 7.11 Å². The van der Waals surface area contributed by atoms with Crippen LogP contribution in [0.1, 0.15) is 56.7 Å². The molecular formula is C26H31N3O2.